The fraction of sp³-hybridized carbons (Fsp3) is 0.500. The van der Waals surface area contributed by atoms with Gasteiger partial charge in [0.05, 0.1) is 12.7 Å². The number of benzene rings is 1. The first kappa shape index (κ1) is 20.2. The first-order chi connectivity index (χ1) is 13.8. The summed E-state index contributed by atoms with van der Waals surface area (Å²) in [6.07, 6.45) is 0.489. The minimum Gasteiger partial charge on any atom is -0.481 e. The van der Waals surface area contributed by atoms with E-state index in [0.29, 0.717) is 12.8 Å². The fourth-order valence-electron chi connectivity index (χ4n) is 4.88. The molecule has 2 saturated heterocycles. The predicted molar refractivity (Wildman–Crippen MR) is 102 cm³/mol. The van der Waals surface area contributed by atoms with Crippen molar-refractivity contribution in [1.82, 2.24) is 9.88 Å². The number of nitrogens with zero attached hydrogens (tertiary/aromatic N) is 2. The van der Waals surface area contributed by atoms with E-state index in [1.54, 1.807) is 0 Å². The van der Waals surface area contributed by atoms with Gasteiger partial charge >= 0.3 is 6.18 Å². The van der Waals surface area contributed by atoms with Crippen molar-refractivity contribution in [3.63, 3.8) is 0 Å². The molecule has 156 valence electrons. The molecule has 2 unspecified atom stereocenters. The van der Waals surface area contributed by atoms with Crippen molar-refractivity contribution < 1.29 is 23.0 Å². The molecule has 2 atom stereocenters. The molecular weight excluding hydrogens is 381 g/mol. The Balaban J connectivity index is 1.62. The Morgan fingerprint density at radius 1 is 1.17 bits per heavy atom. The van der Waals surface area contributed by atoms with Gasteiger partial charge in [0.25, 0.3) is 0 Å². The van der Waals surface area contributed by atoms with Gasteiger partial charge in [-0.2, -0.15) is 13.2 Å². The van der Waals surface area contributed by atoms with E-state index < -0.39 is 23.2 Å². The standard InChI is InChI=1S/C22H25F3N2O2/c1-29-20-19(22(23,24)25)10-16(13-26-20)21(28)11-17-8-5-9-18(12-21)27(17)14-15-6-3-2-4-7-15/h2-4,6-7,10,13,17-18,28H,5,8-9,11-12,14H2,1H3. The number of aromatic nitrogens is 1. The third kappa shape index (κ3) is 3.98. The van der Waals surface area contributed by atoms with Crippen molar-refractivity contribution in [2.24, 2.45) is 0 Å². The molecule has 2 fully saturated rings. The fourth-order valence-corrected chi connectivity index (χ4v) is 4.88. The monoisotopic (exact) mass is 406 g/mol. The number of pyridine rings is 1. The summed E-state index contributed by atoms with van der Waals surface area (Å²) < 4.78 is 45.1. The highest BCUT2D eigenvalue weighted by molar-refractivity contribution is 5.36. The van der Waals surface area contributed by atoms with Crippen molar-refractivity contribution in [3.8, 4) is 5.88 Å². The lowest BCUT2D eigenvalue weighted by molar-refractivity contribution is -0.139. The molecule has 0 radical (unpaired) electrons. The van der Waals surface area contributed by atoms with Crippen LogP contribution in [-0.4, -0.2) is 34.2 Å². The van der Waals surface area contributed by atoms with E-state index in [0.717, 1.165) is 31.9 Å². The summed E-state index contributed by atoms with van der Waals surface area (Å²) >= 11 is 0. The van der Waals surface area contributed by atoms with Crippen molar-refractivity contribution in [1.29, 1.82) is 0 Å². The Morgan fingerprint density at radius 2 is 1.83 bits per heavy atom. The van der Waals surface area contributed by atoms with Crippen LogP contribution in [0, 0.1) is 0 Å². The third-order valence-corrected chi connectivity index (χ3v) is 6.25. The van der Waals surface area contributed by atoms with Crippen LogP contribution in [0.25, 0.3) is 0 Å². The largest absolute Gasteiger partial charge is 0.481 e. The first-order valence-electron chi connectivity index (χ1n) is 9.94. The van der Waals surface area contributed by atoms with Gasteiger partial charge in [0, 0.05) is 30.4 Å². The molecule has 7 heteroatoms. The molecule has 2 aromatic rings. The van der Waals surface area contributed by atoms with Crippen LogP contribution < -0.4 is 4.74 Å². The van der Waals surface area contributed by atoms with Gasteiger partial charge in [-0.1, -0.05) is 36.8 Å². The van der Waals surface area contributed by atoms with Crippen molar-refractivity contribution in [2.45, 2.75) is 62.5 Å². The molecule has 1 N–H and O–H groups in total. The lowest BCUT2D eigenvalue weighted by Crippen LogP contribution is -2.56. The van der Waals surface area contributed by atoms with Gasteiger partial charge in [-0.05, 0) is 37.3 Å². The Hall–Kier alpha value is -2.12. The van der Waals surface area contributed by atoms with Gasteiger partial charge in [-0.15, -0.1) is 0 Å². The van der Waals surface area contributed by atoms with Gasteiger partial charge in [0.15, 0.2) is 0 Å². The number of aliphatic hydroxyl groups is 1. The molecule has 0 spiro atoms. The molecule has 3 heterocycles. The molecule has 1 aromatic heterocycles. The van der Waals surface area contributed by atoms with Crippen LogP contribution >= 0.6 is 0 Å². The van der Waals surface area contributed by atoms with Crippen LogP contribution in [0.15, 0.2) is 42.6 Å². The molecule has 0 aliphatic carbocycles. The number of hydrogen-bond donors (Lipinski definition) is 1. The average molecular weight is 406 g/mol. The van der Waals surface area contributed by atoms with Crippen molar-refractivity contribution in [2.75, 3.05) is 7.11 Å². The molecule has 1 aromatic carbocycles. The Kier molecular flexibility index (Phi) is 5.29. The number of hydrogen-bond acceptors (Lipinski definition) is 4. The highest BCUT2D eigenvalue weighted by Gasteiger charge is 2.47. The number of fused-ring (bicyclic) bond motifs is 2. The van der Waals surface area contributed by atoms with Gasteiger partial charge in [-0.25, -0.2) is 4.98 Å². The quantitative estimate of drug-likeness (QED) is 0.811. The minimum atomic E-state index is -4.59. The second-order valence-corrected chi connectivity index (χ2v) is 8.11. The summed E-state index contributed by atoms with van der Waals surface area (Å²) in [5.41, 5.74) is -0.827. The summed E-state index contributed by atoms with van der Waals surface area (Å²) in [7, 11) is 1.17. The number of methoxy groups -OCH3 is 1. The molecule has 2 aliphatic heterocycles. The van der Waals surface area contributed by atoms with Crippen LogP contribution in [0.1, 0.15) is 48.8 Å². The molecule has 4 rings (SSSR count). The van der Waals surface area contributed by atoms with Crippen LogP contribution in [0.2, 0.25) is 0 Å². The van der Waals surface area contributed by atoms with Gasteiger partial charge in [-0.3, -0.25) is 4.90 Å². The summed E-state index contributed by atoms with van der Waals surface area (Å²) in [5.74, 6) is -0.466. The number of piperidine rings is 2. The van der Waals surface area contributed by atoms with Gasteiger partial charge in [0.1, 0.15) is 5.56 Å². The van der Waals surface area contributed by atoms with E-state index in [-0.39, 0.29) is 17.6 Å². The van der Waals surface area contributed by atoms with Crippen LogP contribution in [-0.2, 0) is 18.3 Å². The average Bonchev–Trinajstić information content (AvgIpc) is 2.68. The lowest BCUT2D eigenvalue weighted by Gasteiger charge is -2.52. The summed E-state index contributed by atoms with van der Waals surface area (Å²) in [5, 5.41) is 11.4. The first-order valence-corrected chi connectivity index (χ1v) is 9.94. The maximum atomic E-state index is 13.4. The van der Waals surface area contributed by atoms with Gasteiger partial charge < -0.3 is 9.84 Å². The predicted octanol–water partition coefficient (Wildman–Crippen LogP) is 4.51. The molecule has 0 amide bonds. The van der Waals surface area contributed by atoms with E-state index in [4.69, 9.17) is 4.74 Å². The van der Waals surface area contributed by atoms with Crippen LogP contribution in [0.4, 0.5) is 13.2 Å². The lowest BCUT2D eigenvalue weighted by atomic mass is 9.72. The Morgan fingerprint density at radius 3 is 2.41 bits per heavy atom. The van der Waals surface area contributed by atoms with Crippen molar-refractivity contribution in [3.05, 3.63) is 59.3 Å². The highest BCUT2D eigenvalue weighted by Crippen LogP contribution is 2.46. The zero-order valence-electron chi connectivity index (χ0n) is 16.3. The third-order valence-electron chi connectivity index (χ3n) is 6.25. The zero-order chi connectivity index (χ0) is 20.6. The second-order valence-electron chi connectivity index (χ2n) is 8.11. The van der Waals surface area contributed by atoms with Crippen LogP contribution in [0.5, 0.6) is 5.88 Å². The smallest absolute Gasteiger partial charge is 0.421 e. The maximum Gasteiger partial charge on any atom is 0.421 e. The number of ether oxygens (including phenoxy) is 1. The molecule has 2 aliphatic rings. The van der Waals surface area contributed by atoms with E-state index >= 15 is 0 Å². The minimum absolute atomic E-state index is 0.129. The van der Waals surface area contributed by atoms with E-state index in [1.165, 1.54) is 18.9 Å². The molecule has 29 heavy (non-hydrogen) atoms. The van der Waals surface area contributed by atoms with Gasteiger partial charge in [0.2, 0.25) is 5.88 Å². The van der Waals surface area contributed by atoms with E-state index in [1.807, 2.05) is 18.2 Å². The maximum absolute atomic E-state index is 13.4. The zero-order valence-corrected chi connectivity index (χ0v) is 16.3. The van der Waals surface area contributed by atoms with E-state index in [2.05, 4.69) is 22.0 Å². The summed E-state index contributed by atoms with van der Waals surface area (Å²) in [4.78, 5) is 6.26. The van der Waals surface area contributed by atoms with Crippen LogP contribution in [0.3, 0.4) is 0 Å². The van der Waals surface area contributed by atoms with E-state index in [9.17, 15) is 18.3 Å². The molecule has 2 bridgehead atoms. The summed E-state index contributed by atoms with van der Waals surface area (Å²) in [6.45, 7) is 0.793. The molecular formula is C22H25F3N2O2. The number of halogens is 3. The van der Waals surface area contributed by atoms with Crippen molar-refractivity contribution >= 4 is 0 Å². The Labute approximate surface area is 168 Å². The molecule has 0 saturated carbocycles. The topological polar surface area (TPSA) is 45.6 Å². The normalized spacial score (nSPS) is 27.6. The highest BCUT2D eigenvalue weighted by atomic mass is 19.4. The number of rotatable bonds is 4. The summed E-state index contributed by atoms with van der Waals surface area (Å²) in [6, 6.07) is 11.4. The Bertz CT molecular complexity index is 843. The number of alkyl halides is 3. The SMILES string of the molecule is COc1ncc(C2(O)CC3CCCC(C2)N3Cc2ccccc2)cc1C(F)(F)F. The molecule has 4 nitrogen and oxygen atoms in total. The second kappa shape index (κ2) is 7.61.